The van der Waals surface area contributed by atoms with Gasteiger partial charge in [-0.05, 0) is 12.5 Å². The van der Waals surface area contributed by atoms with Gasteiger partial charge in [0.25, 0.3) is 0 Å². The van der Waals surface area contributed by atoms with Crippen molar-refractivity contribution in [2.45, 2.75) is 12.6 Å². The lowest BCUT2D eigenvalue weighted by molar-refractivity contribution is -0.0928. The van der Waals surface area contributed by atoms with Crippen molar-refractivity contribution < 1.29 is 13.2 Å². The molecule has 1 nitrogen and oxygen atoms in total. The summed E-state index contributed by atoms with van der Waals surface area (Å²) in [6.45, 7) is 0. The van der Waals surface area contributed by atoms with Gasteiger partial charge in [-0.2, -0.15) is 13.2 Å². The van der Waals surface area contributed by atoms with E-state index in [1.165, 1.54) is 12.2 Å². The third kappa shape index (κ3) is 2.65. The molecular weight excluding hydrogens is 179 g/mol. The Morgan fingerprint density at radius 2 is 2.08 bits per heavy atom. The SMILES string of the molecule is CNC1=CCC(C(F)(F)F)=CC=C1. The average molecular weight is 189 g/mol. The molecule has 0 saturated carbocycles. The van der Waals surface area contributed by atoms with Crippen LogP contribution in [-0.4, -0.2) is 13.2 Å². The third-order valence-corrected chi connectivity index (χ3v) is 1.77. The van der Waals surface area contributed by atoms with Gasteiger partial charge in [0.05, 0.1) is 0 Å². The van der Waals surface area contributed by atoms with Gasteiger partial charge in [0.1, 0.15) is 0 Å². The minimum absolute atomic E-state index is 0.0767. The Morgan fingerprint density at radius 3 is 2.62 bits per heavy atom. The van der Waals surface area contributed by atoms with Gasteiger partial charge in [-0.1, -0.05) is 18.2 Å². The number of likely N-dealkylation sites (N-methyl/N-ethyl adjacent to an activating group) is 1. The van der Waals surface area contributed by atoms with E-state index in [1.807, 2.05) is 0 Å². The van der Waals surface area contributed by atoms with Crippen LogP contribution in [0.1, 0.15) is 6.42 Å². The fourth-order valence-electron chi connectivity index (χ4n) is 1.02. The molecule has 0 heterocycles. The number of rotatable bonds is 1. The lowest BCUT2D eigenvalue weighted by atomic mass is 10.2. The molecule has 0 aliphatic heterocycles. The highest BCUT2D eigenvalue weighted by molar-refractivity contribution is 5.30. The van der Waals surface area contributed by atoms with Gasteiger partial charge in [0, 0.05) is 18.3 Å². The first kappa shape index (κ1) is 9.89. The van der Waals surface area contributed by atoms with Crippen molar-refractivity contribution in [3.8, 4) is 0 Å². The average Bonchev–Trinajstić information content (AvgIpc) is 2.26. The van der Waals surface area contributed by atoms with E-state index >= 15 is 0 Å². The molecule has 4 heteroatoms. The van der Waals surface area contributed by atoms with Gasteiger partial charge in [-0.15, -0.1) is 0 Å². The van der Waals surface area contributed by atoms with E-state index in [4.69, 9.17) is 0 Å². The number of nitrogens with one attached hydrogen (secondary N) is 1. The van der Waals surface area contributed by atoms with Crippen LogP contribution >= 0.6 is 0 Å². The maximum atomic E-state index is 12.2. The largest absolute Gasteiger partial charge is 0.412 e. The van der Waals surface area contributed by atoms with Crippen molar-refractivity contribution in [1.29, 1.82) is 0 Å². The summed E-state index contributed by atoms with van der Waals surface area (Å²) in [5.41, 5.74) is 0.185. The summed E-state index contributed by atoms with van der Waals surface area (Å²) in [5.74, 6) is 0. The molecule has 0 amide bonds. The summed E-state index contributed by atoms with van der Waals surface area (Å²) >= 11 is 0. The highest BCUT2D eigenvalue weighted by atomic mass is 19.4. The van der Waals surface area contributed by atoms with Crippen LogP contribution in [0.4, 0.5) is 13.2 Å². The molecule has 72 valence electrons. The summed E-state index contributed by atoms with van der Waals surface area (Å²) in [6, 6.07) is 0. The summed E-state index contributed by atoms with van der Waals surface area (Å²) < 4.78 is 36.6. The molecule has 0 fully saturated rings. The fourth-order valence-corrected chi connectivity index (χ4v) is 1.02. The van der Waals surface area contributed by atoms with Crippen LogP contribution in [0, 0.1) is 0 Å². The number of halogens is 3. The van der Waals surface area contributed by atoms with Crippen molar-refractivity contribution >= 4 is 0 Å². The molecule has 0 spiro atoms. The molecule has 0 aromatic heterocycles. The molecule has 1 rings (SSSR count). The Balaban J connectivity index is 2.80. The van der Waals surface area contributed by atoms with Crippen LogP contribution < -0.4 is 5.32 Å². The molecule has 0 aromatic rings. The molecule has 0 bridgehead atoms. The minimum Gasteiger partial charge on any atom is -0.388 e. The number of hydrogen-bond acceptors (Lipinski definition) is 1. The molecule has 13 heavy (non-hydrogen) atoms. The van der Waals surface area contributed by atoms with Crippen molar-refractivity contribution in [2.75, 3.05) is 7.05 Å². The first-order chi connectivity index (χ1) is 6.04. The molecule has 0 radical (unpaired) electrons. The lowest BCUT2D eigenvalue weighted by Gasteiger charge is -2.07. The van der Waals surface area contributed by atoms with E-state index in [0.717, 1.165) is 6.08 Å². The maximum Gasteiger partial charge on any atom is 0.412 e. The molecule has 1 aliphatic carbocycles. The van der Waals surface area contributed by atoms with Gasteiger partial charge >= 0.3 is 6.18 Å². The van der Waals surface area contributed by atoms with E-state index in [-0.39, 0.29) is 6.42 Å². The van der Waals surface area contributed by atoms with Crippen LogP contribution in [0.15, 0.2) is 35.6 Å². The zero-order valence-corrected chi connectivity index (χ0v) is 7.15. The van der Waals surface area contributed by atoms with Crippen molar-refractivity contribution in [1.82, 2.24) is 5.32 Å². The highest BCUT2D eigenvalue weighted by Crippen LogP contribution is 2.29. The Hall–Kier alpha value is -1.19. The number of alkyl halides is 3. The van der Waals surface area contributed by atoms with Crippen LogP contribution in [0.25, 0.3) is 0 Å². The van der Waals surface area contributed by atoms with E-state index in [0.29, 0.717) is 5.70 Å². The monoisotopic (exact) mass is 189 g/mol. The topological polar surface area (TPSA) is 12.0 Å². The highest BCUT2D eigenvalue weighted by Gasteiger charge is 2.32. The standard InChI is InChI=1S/C9H10F3N/c1-13-8-4-2-3-7(5-6-8)9(10,11)12/h2-4,6,13H,5H2,1H3. The Kier molecular flexibility index (Phi) is 2.80. The van der Waals surface area contributed by atoms with E-state index in [1.54, 1.807) is 13.1 Å². The minimum atomic E-state index is -4.22. The molecule has 0 saturated heterocycles. The van der Waals surface area contributed by atoms with Crippen LogP contribution in [0.5, 0.6) is 0 Å². The van der Waals surface area contributed by atoms with Gasteiger partial charge < -0.3 is 5.32 Å². The first-order valence-electron chi connectivity index (χ1n) is 3.86. The van der Waals surface area contributed by atoms with Crippen LogP contribution in [-0.2, 0) is 0 Å². The van der Waals surface area contributed by atoms with Gasteiger partial charge in [-0.25, -0.2) is 0 Å². The second-order valence-electron chi connectivity index (χ2n) is 2.66. The number of hydrogen-bond donors (Lipinski definition) is 1. The summed E-state index contributed by atoms with van der Waals surface area (Å²) in [4.78, 5) is 0. The van der Waals surface area contributed by atoms with E-state index in [9.17, 15) is 13.2 Å². The summed E-state index contributed by atoms with van der Waals surface area (Å²) in [7, 11) is 1.68. The molecule has 1 aliphatic rings. The second kappa shape index (κ2) is 3.68. The van der Waals surface area contributed by atoms with E-state index in [2.05, 4.69) is 5.32 Å². The number of allylic oxidation sites excluding steroid dienone is 5. The normalized spacial score (nSPS) is 17.5. The maximum absolute atomic E-state index is 12.2. The van der Waals surface area contributed by atoms with Gasteiger partial charge in [0.15, 0.2) is 0 Å². The Labute approximate surface area is 74.6 Å². The quantitative estimate of drug-likeness (QED) is 0.668. The summed E-state index contributed by atoms with van der Waals surface area (Å²) in [6.07, 6.45) is 1.33. The third-order valence-electron chi connectivity index (χ3n) is 1.77. The smallest absolute Gasteiger partial charge is 0.388 e. The molecule has 0 aromatic carbocycles. The van der Waals surface area contributed by atoms with Gasteiger partial charge in [0.2, 0.25) is 0 Å². The van der Waals surface area contributed by atoms with Crippen molar-refractivity contribution in [3.05, 3.63) is 35.6 Å². The van der Waals surface area contributed by atoms with Crippen LogP contribution in [0.2, 0.25) is 0 Å². The molecule has 0 unspecified atom stereocenters. The van der Waals surface area contributed by atoms with Crippen molar-refractivity contribution in [3.63, 3.8) is 0 Å². The van der Waals surface area contributed by atoms with Crippen molar-refractivity contribution in [2.24, 2.45) is 0 Å². The zero-order valence-electron chi connectivity index (χ0n) is 7.15. The molecular formula is C9H10F3N. The fraction of sp³-hybridized carbons (Fsp3) is 0.333. The summed E-state index contributed by atoms with van der Waals surface area (Å²) in [5, 5.41) is 2.79. The predicted molar refractivity (Wildman–Crippen MR) is 45.0 cm³/mol. The molecule has 1 N–H and O–H groups in total. The van der Waals surface area contributed by atoms with Crippen LogP contribution in [0.3, 0.4) is 0 Å². The Bertz CT molecular complexity index is 271. The molecule has 0 atom stereocenters. The second-order valence-corrected chi connectivity index (χ2v) is 2.66. The predicted octanol–water partition coefficient (Wildman–Crippen LogP) is 2.54. The zero-order chi connectivity index (χ0) is 9.90. The first-order valence-corrected chi connectivity index (χ1v) is 3.86. The van der Waals surface area contributed by atoms with E-state index < -0.39 is 11.7 Å². The Morgan fingerprint density at radius 1 is 1.38 bits per heavy atom. The van der Waals surface area contributed by atoms with Gasteiger partial charge in [-0.3, -0.25) is 0 Å². The lowest BCUT2D eigenvalue weighted by Crippen LogP contribution is -2.11.